The summed E-state index contributed by atoms with van der Waals surface area (Å²) in [5.74, 6) is 1.89. The summed E-state index contributed by atoms with van der Waals surface area (Å²) in [6.07, 6.45) is 3.04. The number of nitrogens with one attached hydrogen (secondary N) is 1. The van der Waals surface area contributed by atoms with E-state index in [-0.39, 0.29) is 0 Å². The second kappa shape index (κ2) is 2.94. The molecular weight excluding hydrogens is 150 g/mol. The van der Waals surface area contributed by atoms with E-state index in [2.05, 4.69) is 19.2 Å². The van der Waals surface area contributed by atoms with Gasteiger partial charge in [0.15, 0.2) is 0 Å². The first-order valence-electron chi connectivity index (χ1n) is 4.57. The summed E-state index contributed by atoms with van der Waals surface area (Å²) in [5, 5.41) is 3.51. The maximum atomic E-state index is 5.30. The highest BCUT2D eigenvalue weighted by Crippen LogP contribution is 2.31. The van der Waals surface area contributed by atoms with Gasteiger partial charge >= 0.3 is 0 Å². The monoisotopic (exact) mass is 165 g/mol. The molecule has 1 aromatic heterocycles. The predicted molar refractivity (Wildman–Crippen MR) is 47.8 cm³/mol. The maximum absolute atomic E-state index is 5.30. The van der Waals surface area contributed by atoms with Crippen LogP contribution >= 0.6 is 0 Å². The molecule has 2 heteroatoms. The molecule has 1 heterocycles. The van der Waals surface area contributed by atoms with Crippen molar-refractivity contribution in [3.63, 3.8) is 0 Å². The topological polar surface area (TPSA) is 25.2 Å². The lowest BCUT2D eigenvalue weighted by atomic mass is 10.2. The van der Waals surface area contributed by atoms with Gasteiger partial charge in [-0.25, -0.2) is 0 Å². The summed E-state index contributed by atoms with van der Waals surface area (Å²) in [7, 11) is 0. The van der Waals surface area contributed by atoms with Crippen molar-refractivity contribution in [1.29, 1.82) is 0 Å². The lowest BCUT2D eigenvalue weighted by Crippen LogP contribution is -2.21. The maximum Gasteiger partial charge on any atom is 0.120 e. The van der Waals surface area contributed by atoms with E-state index in [1.807, 2.05) is 12.1 Å². The zero-order chi connectivity index (χ0) is 8.55. The van der Waals surface area contributed by atoms with Crippen molar-refractivity contribution in [3.8, 4) is 0 Å². The van der Waals surface area contributed by atoms with Crippen LogP contribution in [0.2, 0.25) is 0 Å². The van der Waals surface area contributed by atoms with Crippen LogP contribution in [0.3, 0.4) is 0 Å². The third kappa shape index (κ3) is 1.53. The molecule has 1 saturated carbocycles. The van der Waals surface area contributed by atoms with E-state index >= 15 is 0 Å². The van der Waals surface area contributed by atoms with Gasteiger partial charge in [0.1, 0.15) is 5.76 Å². The van der Waals surface area contributed by atoms with E-state index in [0.29, 0.717) is 12.1 Å². The van der Waals surface area contributed by atoms with E-state index in [9.17, 15) is 0 Å². The van der Waals surface area contributed by atoms with Gasteiger partial charge in [0.25, 0.3) is 0 Å². The summed E-state index contributed by atoms with van der Waals surface area (Å²) < 4.78 is 5.30. The van der Waals surface area contributed by atoms with Crippen LogP contribution in [-0.2, 0) is 0 Å². The van der Waals surface area contributed by atoms with Gasteiger partial charge in [0, 0.05) is 6.04 Å². The van der Waals surface area contributed by atoms with E-state index in [0.717, 1.165) is 11.7 Å². The first-order valence-corrected chi connectivity index (χ1v) is 4.57. The summed E-state index contributed by atoms with van der Waals surface area (Å²) in [4.78, 5) is 0. The van der Waals surface area contributed by atoms with Gasteiger partial charge in [-0.05, 0) is 31.4 Å². The molecule has 0 spiro atoms. The van der Waals surface area contributed by atoms with Crippen molar-refractivity contribution in [2.75, 3.05) is 0 Å². The Morgan fingerprint density at radius 2 is 2.42 bits per heavy atom. The van der Waals surface area contributed by atoms with E-state index in [1.54, 1.807) is 6.26 Å². The Bertz CT molecular complexity index is 242. The minimum Gasteiger partial charge on any atom is -0.468 e. The molecule has 1 N–H and O–H groups in total. The summed E-state index contributed by atoms with van der Waals surface area (Å²) >= 11 is 0. The molecule has 2 rings (SSSR count). The average molecular weight is 165 g/mol. The fraction of sp³-hybridized carbons (Fsp3) is 0.600. The van der Waals surface area contributed by atoms with Crippen LogP contribution in [0, 0.1) is 5.92 Å². The van der Waals surface area contributed by atoms with Crippen molar-refractivity contribution in [2.45, 2.75) is 32.4 Å². The van der Waals surface area contributed by atoms with Crippen LogP contribution in [0.1, 0.15) is 32.1 Å². The highest BCUT2D eigenvalue weighted by atomic mass is 16.3. The molecule has 66 valence electrons. The Labute approximate surface area is 73.0 Å². The zero-order valence-corrected chi connectivity index (χ0v) is 7.58. The van der Waals surface area contributed by atoms with Gasteiger partial charge in [0.2, 0.25) is 0 Å². The summed E-state index contributed by atoms with van der Waals surface area (Å²) in [5.41, 5.74) is 0. The summed E-state index contributed by atoms with van der Waals surface area (Å²) in [6.45, 7) is 4.41. The first kappa shape index (κ1) is 7.87. The van der Waals surface area contributed by atoms with Crippen molar-refractivity contribution in [1.82, 2.24) is 5.32 Å². The Balaban J connectivity index is 1.89. The number of hydrogen-bond donors (Lipinski definition) is 1. The molecule has 0 saturated heterocycles. The molecular formula is C10H15NO. The molecule has 0 amide bonds. The van der Waals surface area contributed by atoms with Gasteiger partial charge in [0.05, 0.1) is 12.3 Å². The highest BCUT2D eigenvalue weighted by Gasteiger charge is 2.33. The van der Waals surface area contributed by atoms with Crippen LogP contribution in [-0.4, -0.2) is 6.04 Å². The minimum atomic E-state index is 0.356. The van der Waals surface area contributed by atoms with E-state index in [1.165, 1.54) is 6.42 Å². The van der Waals surface area contributed by atoms with Gasteiger partial charge in [-0.15, -0.1) is 0 Å². The second-order valence-corrected chi connectivity index (χ2v) is 3.72. The normalized spacial score (nSPS) is 30.2. The van der Waals surface area contributed by atoms with Gasteiger partial charge in [-0.1, -0.05) is 6.92 Å². The fourth-order valence-corrected chi connectivity index (χ4v) is 1.50. The molecule has 0 aliphatic heterocycles. The third-order valence-electron chi connectivity index (χ3n) is 2.54. The number of furan rings is 1. The third-order valence-corrected chi connectivity index (χ3v) is 2.54. The molecule has 0 radical (unpaired) electrons. The molecule has 1 aliphatic carbocycles. The Kier molecular flexibility index (Phi) is 1.93. The van der Waals surface area contributed by atoms with Crippen LogP contribution in [0.5, 0.6) is 0 Å². The van der Waals surface area contributed by atoms with Gasteiger partial charge in [-0.2, -0.15) is 0 Å². The average Bonchev–Trinajstić information content (AvgIpc) is 2.58. The van der Waals surface area contributed by atoms with E-state index < -0.39 is 0 Å². The van der Waals surface area contributed by atoms with Gasteiger partial charge < -0.3 is 9.73 Å². The molecule has 12 heavy (non-hydrogen) atoms. The Morgan fingerprint density at radius 1 is 1.67 bits per heavy atom. The molecule has 1 aliphatic rings. The largest absolute Gasteiger partial charge is 0.468 e. The Morgan fingerprint density at radius 3 is 2.92 bits per heavy atom. The molecule has 2 nitrogen and oxygen atoms in total. The van der Waals surface area contributed by atoms with Crippen LogP contribution < -0.4 is 5.32 Å². The van der Waals surface area contributed by atoms with Crippen molar-refractivity contribution < 1.29 is 4.42 Å². The van der Waals surface area contributed by atoms with Gasteiger partial charge in [-0.3, -0.25) is 0 Å². The SMILES string of the molecule is CC(NC1CC1C)c1ccco1. The predicted octanol–water partition coefficient (Wildman–Crippen LogP) is 2.34. The smallest absolute Gasteiger partial charge is 0.120 e. The highest BCUT2D eigenvalue weighted by molar-refractivity contribution is 5.05. The van der Waals surface area contributed by atoms with Crippen molar-refractivity contribution in [3.05, 3.63) is 24.2 Å². The molecule has 3 atom stereocenters. The Hall–Kier alpha value is -0.760. The van der Waals surface area contributed by atoms with E-state index in [4.69, 9.17) is 4.42 Å². The lowest BCUT2D eigenvalue weighted by Gasteiger charge is -2.09. The zero-order valence-electron chi connectivity index (χ0n) is 7.58. The van der Waals surface area contributed by atoms with Crippen LogP contribution in [0.15, 0.2) is 22.8 Å². The van der Waals surface area contributed by atoms with Crippen LogP contribution in [0.25, 0.3) is 0 Å². The number of rotatable bonds is 3. The van der Waals surface area contributed by atoms with Crippen molar-refractivity contribution in [2.24, 2.45) is 5.92 Å². The minimum absolute atomic E-state index is 0.356. The molecule has 0 bridgehead atoms. The molecule has 0 aromatic carbocycles. The summed E-state index contributed by atoms with van der Waals surface area (Å²) in [6, 6.07) is 5.02. The lowest BCUT2D eigenvalue weighted by molar-refractivity contribution is 0.424. The first-order chi connectivity index (χ1) is 5.77. The molecule has 1 aromatic rings. The number of hydrogen-bond acceptors (Lipinski definition) is 2. The molecule has 1 fully saturated rings. The van der Waals surface area contributed by atoms with Crippen LogP contribution in [0.4, 0.5) is 0 Å². The molecule has 3 unspecified atom stereocenters. The second-order valence-electron chi connectivity index (χ2n) is 3.72. The standard InChI is InChI=1S/C10H15NO/c1-7-6-9(7)11-8(2)10-4-3-5-12-10/h3-5,7-9,11H,6H2,1-2H3. The quantitative estimate of drug-likeness (QED) is 0.743. The fourth-order valence-electron chi connectivity index (χ4n) is 1.50. The van der Waals surface area contributed by atoms with Crippen molar-refractivity contribution >= 4 is 0 Å².